The van der Waals surface area contributed by atoms with Gasteiger partial charge < -0.3 is 14.8 Å². The van der Waals surface area contributed by atoms with E-state index in [1.807, 2.05) is 31.2 Å². The molecule has 1 aromatic rings. The average Bonchev–Trinajstić information content (AvgIpc) is 2.69. The first-order chi connectivity index (χ1) is 13.7. The molecule has 158 valence electrons. The van der Waals surface area contributed by atoms with Gasteiger partial charge in [-0.15, -0.1) is 0 Å². The van der Waals surface area contributed by atoms with Crippen molar-refractivity contribution in [3.8, 4) is 0 Å². The van der Waals surface area contributed by atoms with Gasteiger partial charge in [0, 0.05) is 18.2 Å². The molecule has 6 heteroatoms. The summed E-state index contributed by atoms with van der Waals surface area (Å²) in [6, 6.07) is 7.48. The quantitative estimate of drug-likeness (QED) is 0.310. The van der Waals surface area contributed by atoms with E-state index in [0.29, 0.717) is 18.4 Å². The molecule has 0 aliphatic carbocycles. The van der Waals surface area contributed by atoms with Crippen LogP contribution >= 0.6 is 0 Å². The van der Waals surface area contributed by atoms with E-state index in [0.717, 1.165) is 24.1 Å². The zero-order chi connectivity index (χ0) is 21.6. The van der Waals surface area contributed by atoms with E-state index in [9.17, 15) is 14.4 Å². The lowest BCUT2D eigenvalue weighted by Gasteiger charge is -2.41. The Labute approximate surface area is 172 Å². The van der Waals surface area contributed by atoms with Crippen LogP contribution in [0.1, 0.15) is 52.5 Å². The van der Waals surface area contributed by atoms with Crippen LogP contribution in [0.2, 0.25) is 0 Å². The number of hydrogen-bond donors (Lipinski definition) is 1. The molecular formula is C23H31NO5. The zero-order valence-corrected chi connectivity index (χ0v) is 17.7. The molecule has 0 spiro atoms. The Hall–Kier alpha value is -2.47. The molecular weight excluding hydrogens is 370 g/mol. The Morgan fingerprint density at radius 2 is 1.93 bits per heavy atom. The third-order valence-corrected chi connectivity index (χ3v) is 5.39. The van der Waals surface area contributed by atoms with Crippen LogP contribution in [0.5, 0.6) is 0 Å². The van der Waals surface area contributed by atoms with Crippen LogP contribution in [0.15, 0.2) is 36.4 Å². The van der Waals surface area contributed by atoms with Crippen LogP contribution < -0.4 is 5.32 Å². The monoisotopic (exact) mass is 401 g/mol. The van der Waals surface area contributed by atoms with E-state index < -0.39 is 23.6 Å². The summed E-state index contributed by atoms with van der Waals surface area (Å²) in [4.78, 5) is 36.9. The molecule has 2 rings (SSSR count). The number of aryl methyl sites for hydroxylation is 1. The van der Waals surface area contributed by atoms with Crippen molar-refractivity contribution in [3.63, 3.8) is 0 Å². The molecule has 1 unspecified atom stereocenters. The van der Waals surface area contributed by atoms with Crippen molar-refractivity contribution in [1.29, 1.82) is 0 Å². The van der Waals surface area contributed by atoms with E-state index in [1.54, 1.807) is 13.8 Å². The average molecular weight is 402 g/mol. The van der Waals surface area contributed by atoms with Gasteiger partial charge in [-0.2, -0.15) is 0 Å². The lowest BCUT2D eigenvalue weighted by molar-refractivity contribution is -0.177. The zero-order valence-electron chi connectivity index (χ0n) is 17.7. The van der Waals surface area contributed by atoms with E-state index in [-0.39, 0.29) is 18.3 Å². The SMILES string of the molecule is C=C1C(=O)[C@](C)(C(=O)OCCCC)C(CCc2ccc(NC(C)=O)cc2)O[C@@H]1C. The van der Waals surface area contributed by atoms with Crippen LogP contribution in [0.3, 0.4) is 0 Å². The van der Waals surface area contributed by atoms with Gasteiger partial charge in [0.05, 0.1) is 18.8 Å². The standard InChI is InChI=1S/C23H31NO5/c1-6-7-14-28-22(27)23(5)20(29-16(3)15(2)21(23)26)13-10-18-8-11-19(12-9-18)24-17(4)25/h8-9,11-12,16,20H,2,6-7,10,13-14H2,1,3-5H3,(H,24,25)/t16-,20?,23-/m1/s1. The Morgan fingerprint density at radius 1 is 1.28 bits per heavy atom. The van der Waals surface area contributed by atoms with Crippen molar-refractivity contribution >= 4 is 23.3 Å². The predicted molar refractivity (Wildman–Crippen MR) is 112 cm³/mol. The maximum Gasteiger partial charge on any atom is 0.322 e. The molecule has 1 heterocycles. The number of ether oxygens (including phenoxy) is 2. The number of carbonyl (C=O) groups is 3. The van der Waals surface area contributed by atoms with E-state index in [2.05, 4.69) is 11.9 Å². The predicted octanol–water partition coefficient (Wildman–Crippen LogP) is 3.84. The van der Waals surface area contributed by atoms with Crippen LogP contribution in [-0.2, 0) is 30.3 Å². The van der Waals surface area contributed by atoms with E-state index in [4.69, 9.17) is 9.47 Å². The molecule has 1 saturated heterocycles. The van der Waals surface area contributed by atoms with Crippen molar-refractivity contribution < 1.29 is 23.9 Å². The van der Waals surface area contributed by atoms with Gasteiger partial charge in [-0.25, -0.2) is 0 Å². The van der Waals surface area contributed by atoms with Gasteiger partial charge in [-0.1, -0.05) is 32.1 Å². The number of carbonyl (C=O) groups excluding carboxylic acids is 3. The first-order valence-corrected chi connectivity index (χ1v) is 10.1. The Balaban J connectivity index is 2.14. The first kappa shape index (κ1) is 22.8. The molecule has 0 radical (unpaired) electrons. The lowest BCUT2D eigenvalue weighted by atomic mass is 9.72. The highest BCUT2D eigenvalue weighted by Crippen LogP contribution is 2.39. The van der Waals surface area contributed by atoms with Gasteiger partial charge in [0.2, 0.25) is 5.91 Å². The molecule has 0 saturated carbocycles. The van der Waals surface area contributed by atoms with E-state index in [1.165, 1.54) is 6.92 Å². The van der Waals surface area contributed by atoms with Crippen molar-refractivity contribution in [2.45, 2.75) is 65.6 Å². The minimum absolute atomic E-state index is 0.126. The number of unbranched alkanes of at least 4 members (excludes halogenated alkanes) is 1. The fraction of sp³-hybridized carbons (Fsp3) is 0.522. The number of nitrogens with one attached hydrogen (secondary N) is 1. The van der Waals surface area contributed by atoms with Crippen molar-refractivity contribution in [2.24, 2.45) is 5.41 Å². The molecule has 29 heavy (non-hydrogen) atoms. The van der Waals surface area contributed by atoms with Crippen molar-refractivity contribution in [1.82, 2.24) is 0 Å². The van der Waals surface area contributed by atoms with Crippen LogP contribution in [-0.4, -0.2) is 36.5 Å². The third kappa shape index (κ3) is 5.32. The van der Waals surface area contributed by atoms with Crippen LogP contribution in [0.25, 0.3) is 0 Å². The molecule has 1 aliphatic rings. The molecule has 0 bridgehead atoms. The fourth-order valence-corrected chi connectivity index (χ4v) is 3.42. The van der Waals surface area contributed by atoms with E-state index >= 15 is 0 Å². The Morgan fingerprint density at radius 3 is 2.52 bits per heavy atom. The smallest absolute Gasteiger partial charge is 0.322 e. The number of Topliss-reactive ketones (excluding diaryl/α,β-unsaturated/α-hetero) is 1. The molecule has 0 aromatic heterocycles. The Kier molecular flexibility index (Phi) is 7.73. The summed E-state index contributed by atoms with van der Waals surface area (Å²) in [5.41, 5.74) is 0.650. The van der Waals surface area contributed by atoms with Crippen molar-refractivity contribution in [3.05, 3.63) is 42.0 Å². The molecule has 3 atom stereocenters. The normalized spacial score (nSPS) is 24.3. The van der Waals surface area contributed by atoms with Crippen molar-refractivity contribution in [2.75, 3.05) is 11.9 Å². The number of hydrogen-bond acceptors (Lipinski definition) is 5. The Bertz CT molecular complexity index is 770. The summed E-state index contributed by atoms with van der Waals surface area (Å²) < 4.78 is 11.4. The second-order valence-electron chi connectivity index (χ2n) is 7.73. The number of esters is 1. The molecule has 1 aliphatic heterocycles. The number of rotatable bonds is 8. The second-order valence-corrected chi connectivity index (χ2v) is 7.73. The summed E-state index contributed by atoms with van der Waals surface area (Å²) in [6.45, 7) is 11.0. The highest BCUT2D eigenvalue weighted by Gasteiger charge is 2.54. The molecule has 1 N–H and O–H groups in total. The number of ketones is 1. The summed E-state index contributed by atoms with van der Waals surface area (Å²) >= 11 is 0. The minimum Gasteiger partial charge on any atom is -0.465 e. The number of amides is 1. The van der Waals surface area contributed by atoms with Gasteiger partial charge in [-0.05, 0) is 50.8 Å². The topological polar surface area (TPSA) is 81.7 Å². The maximum atomic E-state index is 13.0. The van der Waals surface area contributed by atoms with Gasteiger partial charge in [-0.3, -0.25) is 14.4 Å². The number of benzene rings is 1. The summed E-state index contributed by atoms with van der Waals surface area (Å²) in [5, 5.41) is 2.73. The molecule has 1 aromatic carbocycles. The van der Waals surface area contributed by atoms with Gasteiger partial charge in [0.25, 0.3) is 0 Å². The fourth-order valence-electron chi connectivity index (χ4n) is 3.42. The lowest BCUT2D eigenvalue weighted by Crippen LogP contribution is -2.55. The second kappa shape index (κ2) is 9.83. The largest absolute Gasteiger partial charge is 0.465 e. The van der Waals surface area contributed by atoms with Gasteiger partial charge >= 0.3 is 5.97 Å². The minimum atomic E-state index is -1.40. The van der Waals surface area contributed by atoms with Gasteiger partial charge in [0.15, 0.2) is 11.2 Å². The highest BCUT2D eigenvalue weighted by atomic mass is 16.5. The summed E-state index contributed by atoms with van der Waals surface area (Å²) in [7, 11) is 0. The molecule has 1 fully saturated rings. The highest BCUT2D eigenvalue weighted by molar-refractivity contribution is 6.13. The van der Waals surface area contributed by atoms with Crippen LogP contribution in [0.4, 0.5) is 5.69 Å². The maximum absolute atomic E-state index is 13.0. The molecule has 1 amide bonds. The summed E-state index contributed by atoms with van der Waals surface area (Å²) in [5.74, 6) is -0.975. The van der Waals surface area contributed by atoms with Crippen LogP contribution in [0, 0.1) is 5.41 Å². The first-order valence-electron chi connectivity index (χ1n) is 10.1. The number of anilines is 1. The third-order valence-electron chi connectivity index (χ3n) is 5.39. The summed E-state index contributed by atoms with van der Waals surface area (Å²) in [6.07, 6.45) is 1.72. The molecule has 6 nitrogen and oxygen atoms in total. The van der Waals surface area contributed by atoms with Gasteiger partial charge in [0.1, 0.15) is 0 Å².